The Bertz CT molecular complexity index is 434. The lowest BCUT2D eigenvalue weighted by atomic mass is 9.89. The fourth-order valence-corrected chi connectivity index (χ4v) is 4.02. The van der Waals surface area contributed by atoms with Crippen LogP contribution < -0.4 is 0 Å². The summed E-state index contributed by atoms with van der Waals surface area (Å²) in [4.78, 5) is 2.53. The van der Waals surface area contributed by atoms with Gasteiger partial charge in [-0.1, -0.05) is 6.08 Å². The number of rotatable bonds is 5. The van der Waals surface area contributed by atoms with Crippen molar-refractivity contribution in [1.82, 2.24) is 4.90 Å². The van der Waals surface area contributed by atoms with Crippen molar-refractivity contribution < 1.29 is 9.47 Å². The summed E-state index contributed by atoms with van der Waals surface area (Å²) in [6.45, 7) is 8.34. The largest absolute Gasteiger partial charge is 0.372 e. The third kappa shape index (κ3) is 3.31. The molecule has 3 heterocycles. The van der Waals surface area contributed by atoms with Gasteiger partial charge < -0.3 is 9.47 Å². The van der Waals surface area contributed by atoms with E-state index in [-0.39, 0.29) is 11.7 Å². The lowest BCUT2D eigenvalue weighted by molar-refractivity contribution is -0.0544. The van der Waals surface area contributed by atoms with Gasteiger partial charge in [0, 0.05) is 19.5 Å². The van der Waals surface area contributed by atoms with Crippen molar-refractivity contribution in [2.45, 2.75) is 37.5 Å². The van der Waals surface area contributed by atoms with Crippen LogP contribution in [0.1, 0.15) is 24.8 Å². The molecule has 3 nitrogen and oxygen atoms in total. The van der Waals surface area contributed by atoms with E-state index >= 15 is 0 Å². The van der Waals surface area contributed by atoms with Crippen molar-refractivity contribution in [3.05, 3.63) is 35.0 Å². The van der Waals surface area contributed by atoms with E-state index in [9.17, 15) is 0 Å². The Hall–Kier alpha value is -0.680. The zero-order valence-corrected chi connectivity index (χ0v) is 12.7. The first-order chi connectivity index (χ1) is 9.80. The van der Waals surface area contributed by atoms with Crippen molar-refractivity contribution in [2.24, 2.45) is 0 Å². The highest BCUT2D eigenvalue weighted by atomic mass is 32.1. The van der Waals surface area contributed by atoms with E-state index in [1.54, 1.807) is 11.3 Å². The van der Waals surface area contributed by atoms with Crippen molar-refractivity contribution in [3.8, 4) is 0 Å². The molecule has 0 radical (unpaired) electrons. The molecule has 2 aliphatic rings. The van der Waals surface area contributed by atoms with Gasteiger partial charge in [-0.3, -0.25) is 4.90 Å². The number of hydrogen-bond acceptors (Lipinski definition) is 4. The molecular weight excluding hydrogens is 270 g/mol. The Morgan fingerprint density at radius 2 is 2.55 bits per heavy atom. The summed E-state index contributed by atoms with van der Waals surface area (Å²) in [5.74, 6) is 0. The number of nitrogens with zero attached hydrogens (tertiary/aromatic N) is 1. The third-order valence-corrected chi connectivity index (χ3v) is 4.96. The molecular formula is C16H23NO2S. The Balaban J connectivity index is 1.56. The molecule has 110 valence electrons. The van der Waals surface area contributed by atoms with Crippen LogP contribution in [0.15, 0.2) is 29.5 Å². The first-order valence-electron chi connectivity index (χ1n) is 7.40. The standard InChI is InChI=1S/C16H23NO2S/c1-2-7-18-15-9-16(19-11-15)5-3-6-17(13-16)10-14-4-8-20-12-14/h2,4,8,12,15H,1,3,5-7,9-11,13H2. The quantitative estimate of drug-likeness (QED) is 0.779. The molecule has 0 aromatic carbocycles. The van der Waals surface area contributed by atoms with E-state index in [1.807, 2.05) is 6.08 Å². The van der Waals surface area contributed by atoms with Gasteiger partial charge in [0.25, 0.3) is 0 Å². The lowest BCUT2D eigenvalue weighted by Gasteiger charge is -2.39. The summed E-state index contributed by atoms with van der Waals surface area (Å²) in [5, 5.41) is 4.40. The minimum atomic E-state index is 0.0279. The van der Waals surface area contributed by atoms with Gasteiger partial charge in [-0.05, 0) is 41.8 Å². The van der Waals surface area contributed by atoms with E-state index in [0.717, 1.165) is 26.1 Å². The number of thiophene rings is 1. The predicted octanol–water partition coefficient (Wildman–Crippen LogP) is 3.07. The lowest BCUT2D eigenvalue weighted by Crippen LogP contribution is -2.47. The zero-order valence-electron chi connectivity index (χ0n) is 11.9. The van der Waals surface area contributed by atoms with Crippen LogP contribution in [0.25, 0.3) is 0 Å². The number of likely N-dealkylation sites (tertiary alicyclic amines) is 1. The zero-order chi connectivity index (χ0) is 13.8. The van der Waals surface area contributed by atoms with E-state index < -0.39 is 0 Å². The first kappa shape index (κ1) is 14.3. The molecule has 0 N–H and O–H groups in total. The normalized spacial score (nSPS) is 30.9. The molecule has 20 heavy (non-hydrogen) atoms. The first-order valence-corrected chi connectivity index (χ1v) is 8.34. The second-order valence-corrected chi connectivity index (χ2v) is 6.67. The molecule has 4 heteroatoms. The fourth-order valence-electron chi connectivity index (χ4n) is 3.36. The monoisotopic (exact) mass is 293 g/mol. The van der Waals surface area contributed by atoms with Gasteiger partial charge >= 0.3 is 0 Å². The third-order valence-electron chi connectivity index (χ3n) is 4.23. The second kappa shape index (κ2) is 6.39. The predicted molar refractivity (Wildman–Crippen MR) is 82.1 cm³/mol. The maximum atomic E-state index is 6.14. The Morgan fingerprint density at radius 3 is 3.35 bits per heavy atom. The van der Waals surface area contributed by atoms with Crippen molar-refractivity contribution >= 4 is 11.3 Å². The molecule has 0 bridgehead atoms. The van der Waals surface area contributed by atoms with Crippen molar-refractivity contribution in [1.29, 1.82) is 0 Å². The van der Waals surface area contributed by atoms with Gasteiger partial charge in [0.15, 0.2) is 0 Å². The van der Waals surface area contributed by atoms with Crippen LogP contribution in [0.3, 0.4) is 0 Å². The smallest absolute Gasteiger partial charge is 0.0841 e. The molecule has 0 aliphatic carbocycles. The van der Waals surface area contributed by atoms with Gasteiger partial charge in [-0.15, -0.1) is 6.58 Å². The molecule has 1 spiro atoms. The molecule has 2 atom stereocenters. The summed E-state index contributed by atoms with van der Waals surface area (Å²) >= 11 is 1.77. The Kier molecular flexibility index (Phi) is 4.56. The highest BCUT2D eigenvalue weighted by Crippen LogP contribution is 2.36. The summed E-state index contributed by atoms with van der Waals surface area (Å²) in [7, 11) is 0. The summed E-state index contributed by atoms with van der Waals surface area (Å²) in [5.41, 5.74) is 1.45. The average molecular weight is 293 g/mol. The van der Waals surface area contributed by atoms with Crippen LogP contribution in [0, 0.1) is 0 Å². The molecule has 0 amide bonds. The molecule has 2 aliphatic heterocycles. The molecule has 2 fully saturated rings. The van der Waals surface area contributed by atoms with Crippen LogP contribution in [0.4, 0.5) is 0 Å². The van der Waals surface area contributed by atoms with Gasteiger partial charge in [0.1, 0.15) is 0 Å². The van der Waals surface area contributed by atoms with Crippen LogP contribution in [0.5, 0.6) is 0 Å². The molecule has 2 unspecified atom stereocenters. The number of hydrogen-bond donors (Lipinski definition) is 0. The Labute approximate surface area is 125 Å². The van der Waals surface area contributed by atoms with Crippen LogP contribution in [-0.2, 0) is 16.0 Å². The molecule has 1 aromatic rings. The van der Waals surface area contributed by atoms with E-state index in [1.165, 1.54) is 24.9 Å². The average Bonchev–Trinajstić information content (AvgIpc) is 3.07. The summed E-state index contributed by atoms with van der Waals surface area (Å²) in [6, 6.07) is 2.22. The van der Waals surface area contributed by atoms with Gasteiger partial charge in [0.2, 0.25) is 0 Å². The van der Waals surface area contributed by atoms with Crippen LogP contribution in [0.2, 0.25) is 0 Å². The number of piperidine rings is 1. The van der Waals surface area contributed by atoms with Crippen molar-refractivity contribution in [2.75, 3.05) is 26.3 Å². The molecule has 1 aromatic heterocycles. The molecule has 2 saturated heterocycles. The van der Waals surface area contributed by atoms with E-state index in [2.05, 4.69) is 28.3 Å². The summed E-state index contributed by atoms with van der Waals surface area (Å²) in [6.07, 6.45) is 5.48. The van der Waals surface area contributed by atoms with E-state index in [0.29, 0.717) is 6.61 Å². The minimum Gasteiger partial charge on any atom is -0.372 e. The van der Waals surface area contributed by atoms with Crippen LogP contribution in [-0.4, -0.2) is 42.9 Å². The maximum Gasteiger partial charge on any atom is 0.0841 e. The second-order valence-electron chi connectivity index (χ2n) is 5.89. The topological polar surface area (TPSA) is 21.7 Å². The summed E-state index contributed by atoms with van der Waals surface area (Å²) < 4.78 is 11.9. The fraction of sp³-hybridized carbons (Fsp3) is 0.625. The molecule has 0 saturated carbocycles. The highest BCUT2D eigenvalue weighted by molar-refractivity contribution is 7.07. The van der Waals surface area contributed by atoms with Crippen molar-refractivity contribution in [3.63, 3.8) is 0 Å². The Morgan fingerprint density at radius 1 is 1.60 bits per heavy atom. The maximum absolute atomic E-state index is 6.14. The van der Waals surface area contributed by atoms with Gasteiger partial charge in [-0.25, -0.2) is 0 Å². The van der Waals surface area contributed by atoms with Gasteiger partial charge in [0.05, 0.1) is 24.9 Å². The van der Waals surface area contributed by atoms with Gasteiger partial charge in [-0.2, -0.15) is 11.3 Å². The van der Waals surface area contributed by atoms with E-state index in [4.69, 9.17) is 9.47 Å². The number of ether oxygens (including phenoxy) is 2. The minimum absolute atomic E-state index is 0.0279. The van der Waals surface area contributed by atoms with Crippen LogP contribution >= 0.6 is 11.3 Å². The molecule has 3 rings (SSSR count). The SMILES string of the molecule is C=CCOC1COC2(CCCN(Cc3ccsc3)C2)C1. The highest BCUT2D eigenvalue weighted by Gasteiger charge is 2.43.